The van der Waals surface area contributed by atoms with Crippen LogP contribution in [0, 0.1) is 6.92 Å². The Morgan fingerprint density at radius 3 is 2.63 bits per heavy atom. The van der Waals surface area contributed by atoms with E-state index in [4.69, 9.17) is 9.15 Å². The van der Waals surface area contributed by atoms with Gasteiger partial charge in [-0.3, -0.25) is 4.90 Å². The standard InChI is InChI=1S/C14H21NO4/c1-9-5-12(19-13(9)14(16)17-4)8-15-6-10(2)18-11(3)7-15/h5,10-11H,6-8H2,1-4H3/t10-,11-/m1/s1. The van der Waals surface area contributed by atoms with Gasteiger partial charge < -0.3 is 13.9 Å². The number of hydrogen-bond donors (Lipinski definition) is 0. The Morgan fingerprint density at radius 2 is 2.05 bits per heavy atom. The van der Waals surface area contributed by atoms with Crippen LogP contribution in [0.1, 0.15) is 35.7 Å². The number of methoxy groups -OCH3 is 1. The number of morpholine rings is 1. The van der Waals surface area contributed by atoms with Gasteiger partial charge in [-0.05, 0) is 26.8 Å². The van der Waals surface area contributed by atoms with Gasteiger partial charge in [0.2, 0.25) is 5.76 Å². The van der Waals surface area contributed by atoms with Crippen LogP contribution in [-0.2, 0) is 16.0 Å². The number of carbonyl (C=O) groups excluding carboxylic acids is 1. The Kier molecular flexibility index (Phi) is 4.27. The summed E-state index contributed by atoms with van der Waals surface area (Å²) in [6.45, 7) is 8.42. The summed E-state index contributed by atoms with van der Waals surface area (Å²) < 4.78 is 16.0. The highest BCUT2D eigenvalue weighted by Crippen LogP contribution is 2.19. The maximum atomic E-state index is 11.5. The lowest BCUT2D eigenvalue weighted by Gasteiger charge is -2.34. The van der Waals surface area contributed by atoms with E-state index in [9.17, 15) is 4.79 Å². The van der Waals surface area contributed by atoms with E-state index >= 15 is 0 Å². The van der Waals surface area contributed by atoms with Crippen LogP contribution in [0.5, 0.6) is 0 Å². The molecule has 2 atom stereocenters. The van der Waals surface area contributed by atoms with E-state index in [0.29, 0.717) is 12.3 Å². The van der Waals surface area contributed by atoms with Crippen LogP contribution < -0.4 is 0 Å². The second kappa shape index (κ2) is 5.75. The Labute approximate surface area is 113 Å². The molecule has 1 aromatic heterocycles. The summed E-state index contributed by atoms with van der Waals surface area (Å²) in [5.74, 6) is 0.665. The number of aryl methyl sites for hydroxylation is 1. The zero-order valence-electron chi connectivity index (χ0n) is 11.9. The molecule has 0 spiro atoms. The molecule has 1 fully saturated rings. The lowest BCUT2D eigenvalue weighted by atomic mass is 10.2. The van der Waals surface area contributed by atoms with Crippen molar-refractivity contribution < 1.29 is 18.7 Å². The van der Waals surface area contributed by atoms with E-state index in [1.807, 2.05) is 13.0 Å². The van der Waals surface area contributed by atoms with Crippen LogP contribution in [0.25, 0.3) is 0 Å². The molecule has 0 N–H and O–H groups in total. The van der Waals surface area contributed by atoms with Gasteiger partial charge in [-0.2, -0.15) is 0 Å². The van der Waals surface area contributed by atoms with E-state index in [-0.39, 0.29) is 12.2 Å². The number of carbonyl (C=O) groups is 1. The molecule has 0 amide bonds. The molecule has 19 heavy (non-hydrogen) atoms. The van der Waals surface area contributed by atoms with Crippen molar-refractivity contribution in [2.75, 3.05) is 20.2 Å². The van der Waals surface area contributed by atoms with Crippen molar-refractivity contribution >= 4 is 5.97 Å². The quantitative estimate of drug-likeness (QED) is 0.784. The van der Waals surface area contributed by atoms with Gasteiger partial charge in [-0.15, -0.1) is 0 Å². The second-order valence-electron chi connectivity index (χ2n) is 5.17. The average molecular weight is 267 g/mol. The van der Waals surface area contributed by atoms with Crippen molar-refractivity contribution in [2.45, 2.75) is 39.5 Å². The van der Waals surface area contributed by atoms with Crippen molar-refractivity contribution in [3.8, 4) is 0 Å². The highest BCUT2D eigenvalue weighted by Gasteiger charge is 2.24. The highest BCUT2D eigenvalue weighted by molar-refractivity contribution is 5.87. The summed E-state index contributed by atoms with van der Waals surface area (Å²) in [6, 6.07) is 1.90. The predicted octanol–water partition coefficient (Wildman–Crippen LogP) is 1.98. The molecule has 0 bridgehead atoms. The molecule has 0 unspecified atom stereocenters. The first-order valence-electron chi connectivity index (χ1n) is 6.55. The van der Waals surface area contributed by atoms with Crippen LogP contribution in [0.3, 0.4) is 0 Å². The SMILES string of the molecule is COC(=O)c1oc(CN2C[C@@H](C)O[C@H](C)C2)cc1C. The summed E-state index contributed by atoms with van der Waals surface area (Å²) in [6.07, 6.45) is 0.444. The van der Waals surface area contributed by atoms with Crippen LogP contribution in [0.15, 0.2) is 10.5 Å². The molecule has 0 saturated carbocycles. The third-order valence-electron chi connectivity index (χ3n) is 3.21. The molecule has 1 aliphatic heterocycles. The normalized spacial score (nSPS) is 24.4. The van der Waals surface area contributed by atoms with Crippen LogP contribution in [0.4, 0.5) is 0 Å². The molecule has 2 rings (SSSR count). The summed E-state index contributed by atoms with van der Waals surface area (Å²) in [7, 11) is 1.36. The zero-order chi connectivity index (χ0) is 14.0. The van der Waals surface area contributed by atoms with Crippen LogP contribution in [0.2, 0.25) is 0 Å². The third-order valence-corrected chi connectivity index (χ3v) is 3.21. The fourth-order valence-electron chi connectivity index (χ4n) is 2.56. The number of esters is 1. The lowest BCUT2D eigenvalue weighted by Crippen LogP contribution is -2.44. The number of nitrogens with zero attached hydrogens (tertiary/aromatic N) is 1. The van der Waals surface area contributed by atoms with Crippen molar-refractivity contribution in [3.05, 3.63) is 23.2 Å². The third kappa shape index (κ3) is 3.36. The van der Waals surface area contributed by atoms with Crippen LogP contribution in [-0.4, -0.2) is 43.3 Å². The van der Waals surface area contributed by atoms with E-state index in [2.05, 4.69) is 23.5 Å². The first-order chi connectivity index (χ1) is 8.99. The Hall–Kier alpha value is -1.33. The summed E-state index contributed by atoms with van der Waals surface area (Å²) in [5, 5.41) is 0. The topological polar surface area (TPSA) is 51.9 Å². The number of furan rings is 1. The Morgan fingerprint density at radius 1 is 1.42 bits per heavy atom. The average Bonchev–Trinajstić information content (AvgIpc) is 2.68. The minimum Gasteiger partial charge on any atom is -0.463 e. The van der Waals surface area contributed by atoms with Gasteiger partial charge in [-0.25, -0.2) is 4.79 Å². The molecule has 1 aliphatic rings. The molecule has 2 heterocycles. The van der Waals surface area contributed by atoms with Crippen molar-refractivity contribution in [2.24, 2.45) is 0 Å². The molecule has 5 nitrogen and oxygen atoms in total. The number of hydrogen-bond acceptors (Lipinski definition) is 5. The van der Waals surface area contributed by atoms with Gasteiger partial charge in [0, 0.05) is 18.7 Å². The van der Waals surface area contributed by atoms with E-state index < -0.39 is 5.97 Å². The smallest absolute Gasteiger partial charge is 0.374 e. The first kappa shape index (κ1) is 14.1. The summed E-state index contributed by atoms with van der Waals surface area (Å²) in [4.78, 5) is 13.8. The minimum atomic E-state index is -0.424. The van der Waals surface area contributed by atoms with E-state index in [1.54, 1.807) is 0 Å². The number of ether oxygens (including phenoxy) is 2. The fraction of sp³-hybridized carbons (Fsp3) is 0.643. The molecular weight excluding hydrogens is 246 g/mol. The first-order valence-corrected chi connectivity index (χ1v) is 6.55. The molecular formula is C14H21NO4. The largest absolute Gasteiger partial charge is 0.463 e. The molecule has 0 aromatic carbocycles. The highest BCUT2D eigenvalue weighted by atomic mass is 16.5. The van der Waals surface area contributed by atoms with Crippen LogP contribution >= 0.6 is 0 Å². The van der Waals surface area contributed by atoms with Gasteiger partial charge >= 0.3 is 5.97 Å². The maximum absolute atomic E-state index is 11.5. The van der Waals surface area contributed by atoms with Gasteiger partial charge in [0.15, 0.2) is 0 Å². The molecule has 0 aliphatic carbocycles. The second-order valence-corrected chi connectivity index (χ2v) is 5.17. The monoisotopic (exact) mass is 267 g/mol. The maximum Gasteiger partial charge on any atom is 0.374 e. The molecule has 1 aromatic rings. The van der Waals surface area contributed by atoms with Gasteiger partial charge in [0.1, 0.15) is 5.76 Å². The van der Waals surface area contributed by atoms with Crippen molar-refractivity contribution in [3.63, 3.8) is 0 Å². The fourth-order valence-corrected chi connectivity index (χ4v) is 2.56. The van der Waals surface area contributed by atoms with Crippen molar-refractivity contribution in [1.29, 1.82) is 0 Å². The van der Waals surface area contributed by atoms with Gasteiger partial charge in [-0.1, -0.05) is 0 Å². The van der Waals surface area contributed by atoms with Gasteiger partial charge in [0.25, 0.3) is 0 Å². The summed E-state index contributed by atoms with van der Waals surface area (Å²) >= 11 is 0. The van der Waals surface area contributed by atoms with E-state index in [1.165, 1.54) is 7.11 Å². The van der Waals surface area contributed by atoms with E-state index in [0.717, 1.165) is 24.4 Å². The molecule has 0 radical (unpaired) electrons. The predicted molar refractivity (Wildman–Crippen MR) is 70.1 cm³/mol. The molecule has 106 valence electrons. The van der Waals surface area contributed by atoms with Crippen molar-refractivity contribution in [1.82, 2.24) is 4.90 Å². The molecule has 5 heteroatoms. The minimum absolute atomic E-state index is 0.222. The molecule has 1 saturated heterocycles. The lowest BCUT2D eigenvalue weighted by molar-refractivity contribution is -0.0719. The Balaban J connectivity index is 2.05. The van der Waals surface area contributed by atoms with Gasteiger partial charge in [0.05, 0.1) is 25.9 Å². The Bertz CT molecular complexity index is 444. The zero-order valence-corrected chi connectivity index (χ0v) is 11.9. The number of rotatable bonds is 3. The summed E-state index contributed by atoms with van der Waals surface area (Å²) in [5.41, 5.74) is 0.816.